The van der Waals surface area contributed by atoms with Crippen LogP contribution in [0.5, 0.6) is 0 Å². The zero-order valence-corrected chi connectivity index (χ0v) is 11.9. The Morgan fingerprint density at radius 1 is 0.727 bits per heavy atom. The number of fused-ring (bicyclic) bond motifs is 2. The Labute approximate surface area is 126 Å². The van der Waals surface area contributed by atoms with Gasteiger partial charge >= 0.3 is 11.9 Å². The molecule has 2 heterocycles. The maximum Gasteiger partial charge on any atom is 0.378 e. The summed E-state index contributed by atoms with van der Waals surface area (Å²) in [6.07, 6.45) is 0. The van der Waals surface area contributed by atoms with E-state index in [0.29, 0.717) is 26.4 Å². The molecule has 2 bridgehead atoms. The first-order valence-corrected chi connectivity index (χ1v) is 6.77. The largest absolute Gasteiger partial charge is 0.457 e. The molecular formula is C12H17N3O7. The molecular weight excluding hydrogens is 298 g/mol. The number of aromatic amines is 1. The average molecular weight is 315 g/mol. The van der Waals surface area contributed by atoms with Crippen LogP contribution in [0.3, 0.4) is 0 Å². The summed E-state index contributed by atoms with van der Waals surface area (Å²) in [6.45, 7) is 2.17. The number of hydrogen-bond acceptors (Lipinski definition) is 9. The number of nitrogens with one attached hydrogen (secondary N) is 1. The van der Waals surface area contributed by atoms with E-state index in [1.165, 1.54) is 0 Å². The third-order valence-corrected chi connectivity index (χ3v) is 2.53. The number of cyclic esters (lactones) is 2. The van der Waals surface area contributed by atoms with Crippen LogP contribution in [0.1, 0.15) is 21.2 Å². The van der Waals surface area contributed by atoms with E-state index in [9.17, 15) is 9.59 Å². The summed E-state index contributed by atoms with van der Waals surface area (Å²) in [4.78, 5) is 27.0. The van der Waals surface area contributed by atoms with Gasteiger partial charge in [0.15, 0.2) is 0 Å². The number of hydrogen-bond donors (Lipinski definition) is 1. The Morgan fingerprint density at radius 2 is 1.23 bits per heavy atom. The Hall–Kier alpha value is -2.04. The molecule has 22 heavy (non-hydrogen) atoms. The highest BCUT2D eigenvalue weighted by Gasteiger charge is 2.18. The predicted molar refractivity (Wildman–Crippen MR) is 69.4 cm³/mol. The molecule has 1 N–H and O–H groups in total. The number of nitrogens with zero attached hydrogens (tertiary/aromatic N) is 2. The van der Waals surface area contributed by atoms with Gasteiger partial charge in [0.05, 0.1) is 39.6 Å². The van der Waals surface area contributed by atoms with Crippen molar-refractivity contribution in [1.82, 2.24) is 15.2 Å². The second-order valence-corrected chi connectivity index (χ2v) is 4.12. The highest BCUT2D eigenvalue weighted by atomic mass is 16.6. The molecule has 0 atom stereocenters. The zero-order valence-electron chi connectivity index (χ0n) is 11.9. The maximum atomic E-state index is 11.6. The number of aromatic nitrogens is 3. The third kappa shape index (κ3) is 5.39. The van der Waals surface area contributed by atoms with Crippen LogP contribution in [-0.4, -0.2) is 80.0 Å². The fourth-order valence-corrected chi connectivity index (χ4v) is 1.51. The molecule has 0 radical (unpaired) electrons. The lowest BCUT2D eigenvalue weighted by atomic mass is 10.6. The molecule has 0 aliphatic carbocycles. The normalized spacial score (nSPS) is 19.6. The summed E-state index contributed by atoms with van der Waals surface area (Å²) < 4.78 is 25.5. The second-order valence-electron chi connectivity index (χ2n) is 4.12. The van der Waals surface area contributed by atoms with E-state index in [0.717, 1.165) is 0 Å². The molecule has 0 fully saturated rings. The number of H-pyrrole nitrogens is 1. The van der Waals surface area contributed by atoms with E-state index in [1.54, 1.807) is 0 Å². The standard InChI is InChI=1S/C12H17N3O7/c16-11-9-13-10(15-14-9)12(17)22-8-6-20-4-2-18-1-3-19-5-7-21-11/h1-8H2,(H,13,14,15). The lowest BCUT2D eigenvalue weighted by molar-refractivity contribution is -0.00738. The predicted octanol–water partition coefficient (Wildman–Crippen LogP) is -0.818. The summed E-state index contributed by atoms with van der Waals surface area (Å²) in [6, 6.07) is 0. The van der Waals surface area contributed by atoms with E-state index in [-0.39, 0.29) is 38.1 Å². The Bertz CT molecular complexity index is 450. The molecule has 122 valence electrons. The summed E-state index contributed by atoms with van der Waals surface area (Å²) in [5, 5.41) is 5.92. The van der Waals surface area contributed by atoms with Gasteiger partial charge in [0.2, 0.25) is 5.82 Å². The van der Waals surface area contributed by atoms with E-state index in [2.05, 4.69) is 15.2 Å². The first-order chi connectivity index (χ1) is 10.8. The minimum absolute atomic E-state index is 0.0518. The van der Waals surface area contributed by atoms with Crippen LogP contribution in [-0.2, 0) is 23.7 Å². The van der Waals surface area contributed by atoms with Gasteiger partial charge in [0.1, 0.15) is 13.2 Å². The molecule has 0 amide bonds. The Balaban J connectivity index is 1.89. The molecule has 10 nitrogen and oxygen atoms in total. The monoisotopic (exact) mass is 315 g/mol. The van der Waals surface area contributed by atoms with Gasteiger partial charge < -0.3 is 23.7 Å². The molecule has 0 aromatic carbocycles. The number of esters is 2. The van der Waals surface area contributed by atoms with Crippen LogP contribution in [0.2, 0.25) is 0 Å². The van der Waals surface area contributed by atoms with Crippen LogP contribution >= 0.6 is 0 Å². The summed E-state index contributed by atoms with van der Waals surface area (Å²) in [5.41, 5.74) is 0. The van der Waals surface area contributed by atoms with Crippen molar-refractivity contribution in [2.45, 2.75) is 0 Å². The first kappa shape index (κ1) is 16.3. The van der Waals surface area contributed by atoms with Crippen LogP contribution in [0.4, 0.5) is 0 Å². The topological polar surface area (TPSA) is 122 Å². The number of ether oxygens (including phenoxy) is 5. The summed E-state index contributed by atoms with van der Waals surface area (Å²) in [7, 11) is 0. The molecule has 0 unspecified atom stereocenters. The average Bonchev–Trinajstić information content (AvgIpc) is 3.00. The van der Waals surface area contributed by atoms with Gasteiger partial charge in [-0.2, -0.15) is 4.98 Å². The van der Waals surface area contributed by atoms with Crippen molar-refractivity contribution in [2.24, 2.45) is 0 Å². The van der Waals surface area contributed by atoms with Crippen LogP contribution in [0.15, 0.2) is 0 Å². The van der Waals surface area contributed by atoms with Gasteiger partial charge in [-0.1, -0.05) is 0 Å². The number of carbonyl (C=O) groups excluding carboxylic acids is 2. The van der Waals surface area contributed by atoms with E-state index >= 15 is 0 Å². The van der Waals surface area contributed by atoms with Crippen LogP contribution in [0, 0.1) is 0 Å². The van der Waals surface area contributed by atoms with Gasteiger partial charge in [0, 0.05) is 0 Å². The van der Waals surface area contributed by atoms with E-state index in [4.69, 9.17) is 23.7 Å². The molecule has 10 heteroatoms. The molecule has 1 aromatic rings. The highest BCUT2D eigenvalue weighted by Crippen LogP contribution is 1.98. The van der Waals surface area contributed by atoms with E-state index < -0.39 is 11.9 Å². The van der Waals surface area contributed by atoms with Crippen LogP contribution < -0.4 is 0 Å². The first-order valence-electron chi connectivity index (χ1n) is 6.77. The Kier molecular flexibility index (Phi) is 6.74. The zero-order chi connectivity index (χ0) is 15.6. The van der Waals surface area contributed by atoms with Crippen molar-refractivity contribution in [3.8, 4) is 0 Å². The molecule has 0 spiro atoms. The van der Waals surface area contributed by atoms with Crippen molar-refractivity contribution in [3.05, 3.63) is 11.6 Å². The fraction of sp³-hybridized carbons (Fsp3) is 0.667. The minimum atomic E-state index is -0.750. The smallest absolute Gasteiger partial charge is 0.378 e. The lowest BCUT2D eigenvalue weighted by Crippen LogP contribution is -2.17. The van der Waals surface area contributed by atoms with Gasteiger partial charge in [-0.15, -0.1) is 5.10 Å². The molecule has 2 rings (SSSR count). The molecule has 0 saturated heterocycles. The third-order valence-electron chi connectivity index (χ3n) is 2.53. The van der Waals surface area contributed by atoms with Crippen molar-refractivity contribution in [2.75, 3.05) is 52.9 Å². The molecule has 1 aliphatic rings. The number of carbonyl (C=O) groups is 2. The molecule has 1 aliphatic heterocycles. The summed E-state index contributed by atoms with van der Waals surface area (Å²) in [5.74, 6) is -1.89. The van der Waals surface area contributed by atoms with Gasteiger partial charge in [-0.3, -0.25) is 5.10 Å². The van der Waals surface area contributed by atoms with Crippen molar-refractivity contribution < 1.29 is 33.3 Å². The minimum Gasteiger partial charge on any atom is -0.457 e. The van der Waals surface area contributed by atoms with Gasteiger partial charge in [-0.05, 0) is 0 Å². The Morgan fingerprint density at radius 3 is 1.82 bits per heavy atom. The highest BCUT2D eigenvalue weighted by molar-refractivity contribution is 5.89. The van der Waals surface area contributed by atoms with Gasteiger partial charge in [0.25, 0.3) is 5.82 Å². The maximum absolute atomic E-state index is 11.6. The van der Waals surface area contributed by atoms with E-state index in [1.807, 2.05) is 0 Å². The molecule has 0 saturated carbocycles. The summed E-state index contributed by atoms with van der Waals surface area (Å²) >= 11 is 0. The van der Waals surface area contributed by atoms with Crippen molar-refractivity contribution >= 4 is 11.9 Å². The molecule has 1 aromatic heterocycles. The SMILES string of the molecule is O=C1OCCOCCOCCOCCOC(=O)c2nc1n[nH]2. The van der Waals surface area contributed by atoms with Crippen molar-refractivity contribution in [3.63, 3.8) is 0 Å². The van der Waals surface area contributed by atoms with Gasteiger partial charge in [-0.25, -0.2) is 9.59 Å². The van der Waals surface area contributed by atoms with Crippen LogP contribution in [0.25, 0.3) is 0 Å². The quantitative estimate of drug-likeness (QED) is 0.612. The fourth-order valence-electron chi connectivity index (χ4n) is 1.51. The lowest BCUT2D eigenvalue weighted by Gasteiger charge is -2.07. The number of rotatable bonds is 0. The van der Waals surface area contributed by atoms with Crippen molar-refractivity contribution in [1.29, 1.82) is 0 Å². The second kappa shape index (κ2) is 9.07.